The van der Waals surface area contributed by atoms with E-state index in [4.69, 9.17) is 4.74 Å². The van der Waals surface area contributed by atoms with Crippen LogP contribution < -0.4 is 10.6 Å². The maximum Gasteiger partial charge on any atom is 0.337 e. The molecule has 0 aliphatic rings. The van der Waals surface area contributed by atoms with Gasteiger partial charge in [0.05, 0.1) is 18.2 Å². The molecule has 9 heteroatoms. The topological polar surface area (TPSA) is 102 Å². The number of rotatable bonds is 7. The molecule has 0 unspecified atom stereocenters. The smallest absolute Gasteiger partial charge is 0.337 e. The fourth-order valence-electron chi connectivity index (χ4n) is 2.77. The molecular weight excluding hydrogens is 391 g/mol. The van der Waals surface area contributed by atoms with Crippen LogP contribution in [0.5, 0.6) is 0 Å². The summed E-state index contributed by atoms with van der Waals surface area (Å²) in [6.45, 7) is 0.00876. The fraction of sp³-hybridized carbons (Fsp3) is 0.143. The lowest BCUT2D eigenvalue weighted by Crippen LogP contribution is -2.24. The van der Waals surface area contributed by atoms with E-state index in [0.29, 0.717) is 11.3 Å². The van der Waals surface area contributed by atoms with E-state index in [9.17, 15) is 18.8 Å². The highest BCUT2D eigenvalue weighted by molar-refractivity contribution is 5.95. The maximum absolute atomic E-state index is 13.8. The van der Waals surface area contributed by atoms with Crippen molar-refractivity contribution >= 4 is 23.5 Å². The summed E-state index contributed by atoms with van der Waals surface area (Å²) >= 11 is 0. The van der Waals surface area contributed by atoms with Crippen LogP contribution in [0.15, 0.2) is 60.9 Å². The predicted molar refractivity (Wildman–Crippen MR) is 106 cm³/mol. The van der Waals surface area contributed by atoms with E-state index < -0.39 is 17.7 Å². The summed E-state index contributed by atoms with van der Waals surface area (Å²) < 4.78 is 20.0. The highest BCUT2D eigenvalue weighted by Crippen LogP contribution is 2.17. The van der Waals surface area contributed by atoms with E-state index in [1.807, 2.05) is 0 Å². The number of aromatic nitrogens is 2. The molecule has 3 aromatic rings. The van der Waals surface area contributed by atoms with Gasteiger partial charge in [0.1, 0.15) is 12.4 Å². The highest BCUT2D eigenvalue weighted by atomic mass is 19.1. The Hall–Kier alpha value is -4.01. The maximum atomic E-state index is 13.8. The van der Waals surface area contributed by atoms with Gasteiger partial charge in [0.15, 0.2) is 0 Å². The van der Waals surface area contributed by atoms with Crippen molar-refractivity contribution < 1.29 is 23.5 Å². The van der Waals surface area contributed by atoms with Crippen molar-refractivity contribution in [3.63, 3.8) is 0 Å². The minimum absolute atomic E-state index is 0.00515. The number of benzene rings is 2. The second-order valence-corrected chi connectivity index (χ2v) is 6.32. The minimum Gasteiger partial charge on any atom is -0.465 e. The van der Waals surface area contributed by atoms with Gasteiger partial charge in [-0.05, 0) is 42.0 Å². The number of hydrogen-bond acceptors (Lipinski definition) is 5. The van der Waals surface area contributed by atoms with Gasteiger partial charge in [-0.1, -0.05) is 12.1 Å². The molecule has 1 heterocycles. The Balaban J connectivity index is 1.75. The van der Waals surface area contributed by atoms with E-state index in [1.54, 1.807) is 30.6 Å². The molecule has 154 valence electrons. The third kappa shape index (κ3) is 5.28. The van der Waals surface area contributed by atoms with Crippen LogP contribution in [0.1, 0.15) is 26.3 Å². The van der Waals surface area contributed by atoms with Gasteiger partial charge in [0.2, 0.25) is 5.91 Å². The molecule has 2 N–H and O–H groups in total. The van der Waals surface area contributed by atoms with Crippen LogP contribution in [0.3, 0.4) is 0 Å². The van der Waals surface area contributed by atoms with Crippen LogP contribution in [-0.4, -0.2) is 34.7 Å². The highest BCUT2D eigenvalue weighted by Gasteiger charge is 2.14. The van der Waals surface area contributed by atoms with Gasteiger partial charge < -0.3 is 15.4 Å². The average Bonchev–Trinajstić information content (AvgIpc) is 3.24. The number of halogens is 1. The van der Waals surface area contributed by atoms with Gasteiger partial charge >= 0.3 is 5.97 Å². The van der Waals surface area contributed by atoms with E-state index in [0.717, 1.165) is 0 Å². The summed E-state index contributed by atoms with van der Waals surface area (Å²) in [6, 6.07) is 11.9. The van der Waals surface area contributed by atoms with Crippen LogP contribution >= 0.6 is 0 Å². The van der Waals surface area contributed by atoms with Crippen molar-refractivity contribution in [1.29, 1.82) is 0 Å². The van der Waals surface area contributed by atoms with Gasteiger partial charge in [-0.3, -0.25) is 14.3 Å². The fourth-order valence-corrected chi connectivity index (χ4v) is 2.77. The molecule has 2 amide bonds. The summed E-state index contributed by atoms with van der Waals surface area (Å²) in [4.78, 5) is 36.4. The predicted octanol–water partition coefficient (Wildman–Crippen LogP) is 2.38. The molecule has 0 saturated carbocycles. The van der Waals surface area contributed by atoms with Crippen LogP contribution in [0, 0.1) is 5.82 Å². The number of carbonyl (C=O) groups is 3. The molecule has 0 spiro atoms. The Bertz CT molecular complexity index is 1070. The summed E-state index contributed by atoms with van der Waals surface area (Å²) in [6.07, 6.45) is 3.20. The zero-order chi connectivity index (χ0) is 21.5. The molecule has 0 aliphatic heterocycles. The first kappa shape index (κ1) is 20.7. The van der Waals surface area contributed by atoms with Crippen LogP contribution in [-0.2, 0) is 22.6 Å². The number of hydrogen-bond donors (Lipinski definition) is 2. The first-order valence-corrected chi connectivity index (χ1v) is 8.98. The number of anilines is 1. The Morgan fingerprint density at radius 1 is 1.13 bits per heavy atom. The lowest BCUT2D eigenvalue weighted by atomic mass is 10.1. The summed E-state index contributed by atoms with van der Waals surface area (Å²) in [5, 5.41) is 9.25. The van der Waals surface area contributed by atoms with Gasteiger partial charge in [-0.25, -0.2) is 9.18 Å². The molecule has 0 fully saturated rings. The first-order chi connectivity index (χ1) is 14.5. The molecule has 0 radical (unpaired) electrons. The van der Waals surface area contributed by atoms with E-state index in [-0.39, 0.29) is 30.1 Å². The van der Waals surface area contributed by atoms with Crippen LogP contribution in [0.4, 0.5) is 10.1 Å². The van der Waals surface area contributed by atoms with E-state index in [1.165, 1.54) is 42.1 Å². The SMILES string of the molecule is COC(=O)c1cc(CNC(=O)c2ccccc2F)cc(NC(=O)Cn2cccn2)c1. The summed E-state index contributed by atoms with van der Waals surface area (Å²) in [7, 11) is 1.24. The molecule has 0 atom stereocenters. The first-order valence-electron chi connectivity index (χ1n) is 8.98. The third-order valence-electron chi connectivity index (χ3n) is 4.13. The molecule has 3 rings (SSSR count). The number of nitrogens with zero attached hydrogens (tertiary/aromatic N) is 2. The zero-order valence-corrected chi connectivity index (χ0v) is 16.1. The second kappa shape index (κ2) is 9.46. The number of ether oxygens (including phenoxy) is 1. The van der Waals surface area contributed by atoms with Crippen molar-refractivity contribution in [2.24, 2.45) is 0 Å². The Morgan fingerprint density at radius 2 is 1.93 bits per heavy atom. The van der Waals surface area contributed by atoms with Crippen molar-refractivity contribution in [2.45, 2.75) is 13.1 Å². The van der Waals surface area contributed by atoms with Crippen molar-refractivity contribution in [3.05, 3.63) is 83.4 Å². The minimum atomic E-state index is -0.634. The number of esters is 1. The van der Waals surface area contributed by atoms with E-state index >= 15 is 0 Å². The molecule has 0 aliphatic carbocycles. The normalized spacial score (nSPS) is 10.3. The summed E-state index contributed by atoms with van der Waals surface area (Å²) in [5.74, 6) is -2.17. The van der Waals surface area contributed by atoms with E-state index in [2.05, 4.69) is 15.7 Å². The van der Waals surface area contributed by atoms with Crippen molar-refractivity contribution in [2.75, 3.05) is 12.4 Å². The standard InChI is InChI=1S/C21H19FN4O4/c1-30-21(29)15-9-14(12-23-20(28)17-5-2-3-6-18(17)22)10-16(11-15)25-19(27)13-26-8-4-7-24-26/h2-11H,12-13H2,1H3,(H,23,28)(H,25,27). The Labute approximate surface area is 171 Å². The average molecular weight is 410 g/mol. The van der Waals surface area contributed by atoms with Gasteiger partial charge in [0, 0.05) is 24.6 Å². The van der Waals surface area contributed by atoms with Crippen molar-refractivity contribution in [1.82, 2.24) is 15.1 Å². The molecule has 2 aromatic carbocycles. The summed E-state index contributed by atoms with van der Waals surface area (Å²) in [5.41, 5.74) is 0.987. The zero-order valence-electron chi connectivity index (χ0n) is 16.1. The molecular formula is C21H19FN4O4. The number of nitrogens with one attached hydrogen (secondary N) is 2. The van der Waals surface area contributed by atoms with Crippen LogP contribution in [0.2, 0.25) is 0 Å². The molecule has 0 bridgehead atoms. The Kier molecular flexibility index (Phi) is 6.53. The van der Waals surface area contributed by atoms with Crippen molar-refractivity contribution in [3.8, 4) is 0 Å². The molecule has 8 nitrogen and oxygen atoms in total. The third-order valence-corrected chi connectivity index (χ3v) is 4.13. The number of amides is 2. The van der Waals surface area contributed by atoms with Crippen LogP contribution in [0.25, 0.3) is 0 Å². The number of carbonyl (C=O) groups excluding carboxylic acids is 3. The van der Waals surface area contributed by atoms with Gasteiger partial charge in [-0.15, -0.1) is 0 Å². The van der Waals surface area contributed by atoms with Gasteiger partial charge in [0.25, 0.3) is 5.91 Å². The monoisotopic (exact) mass is 410 g/mol. The lowest BCUT2D eigenvalue weighted by Gasteiger charge is -2.12. The molecule has 30 heavy (non-hydrogen) atoms. The molecule has 0 saturated heterocycles. The second-order valence-electron chi connectivity index (χ2n) is 6.32. The molecule has 1 aromatic heterocycles. The number of methoxy groups -OCH3 is 1. The lowest BCUT2D eigenvalue weighted by molar-refractivity contribution is -0.116. The quantitative estimate of drug-likeness (QED) is 0.583. The Morgan fingerprint density at radius 3 is 2.63 bits per heavy atom. The largest absolute Gasteiger partial charge is 0.465 e. The van der Waals surface area contributed by atoms with Gasteiger partial charge in [-0.2, -0.15) is 5.10 Å².